The second-order valence-electron chi connectivity index (χ2n) is 5.80. The van der Waals surface area contributed by atoms with Gasteiger partial charge in [0, 0.05) is 23.9 Å². The minimum absolute atomic E-state index is 0.00247. The number of anilines is 1. The third-order valence-corrected chi connectivity index (χ3v) is 4.56. The summed E-state index contributed by atoms with van der Waals surface area (Å²) in [7, 11) is 1.60. The van der Waals surface area contributed by atoms with Crippen LogP contribution in [0.2, 0.25) is 0 Å². The van der Waals surface area contributed by atoms with Gasteiger partial charge in [-0.1, -0.05) is 6.07 Å². The summed E-state index contributed by atoms with van der Waals surface area (Å²) in [6.07, 6.45) is 0. The summed E-state index contributed by atoms with van der Waals surface area (Å²) >= 11 is 3.44. The molecule has 1 unspecified atom stereocenters. The summed E-state index contributed by atoms with van der Waals surface area (Å²) in [6, 6.07) is 10.0. The van der Waals surface area contributed by atoms with Crippen molar-refractivity contribution in [1.82, 2.24) is 5.32 Å². The largest absolute Gasteiger partial charge is 0.496 e. The maximum absolute atomic E-state index is 12.1. The molecule has 0 aliphatic rings. The second kappa shape index (κ2) is 8.77. The molecule has 0 heterocycles. The fourth-order valence-corrected chi connectivity index (χ4v) is 2.97. The first-order chi connectivity index (χ1) is 12.3. The molecule has 1 amide bonds. The van der Waals surface area contributed by atoms with Crippen LogP contribution in [0.15, 0.2) is 40.9 Å². The van der Waals surface area contributed by atoms with Crippen molar-refractivity contribution in [2.24, 2.45) is 0 Å². The number of nitrogens with one attached hydrogen (secondary N) is 2. The minimum atomic E-state index is -0.463. The molecule has 0 aromatic heterocycles. The van der Waals surface area contributed by atoms with Gasteiger partial charge >= 0.3 is 0 Å². The quantitative estimate of drug-likeness (QED) is 0.521. The number of amides is 1. The van der Waals surface area contributed by atoms with Crippen LogP contribution in [-0.2, 0) is 4.79 Å². The zero-order chi connectivity index (χ0) is 19.3. The lowest BCUT2D eigenvalue weighted by Gasteiger charge is -2.16. The zero-order valence-electron chi connectivity index (χ0n) is 14.7. The maximum Gasteiger partial charge on any atom is 0.269 e. The van der Waals surface area contributed by atoms with E-state index in [1.165, 1.54) is 18.2 Å². The number of hydrogen-bond acceptors (Lipinski definition) is 5. The number of halogens is 1. The van der Waals surface area contributed by atoms with E-state index < -0.39 is 4.92 Å². The van der Waals surface area contributed by atoms with E-state index in [9.17, 15) is 14.9 Å². The fourth-order valence-electron chi connectivity index (χ4n) is 2.41. The van der Waals surface area contributed by atoms with E-state index >= 15 is 0 Å². The van der Waals surface area contributed by atoms with Gasteiger partial charge < -0.3 is 15.4 Å². The molecule has 26 heavy (non-hydrogen) atoms. The molecule has 0 radical (unpaired) electrons. The standard InChI is InChI=1S/C18H20BrN3O4/c1-11-8-14(22(24)25)5-6-16(11)21-18(23)10-20-12(2)13-4-7-17(26-3)15(19)9-13/h4-9,12,20H,10H2,1-3H3,(H,21,23). The van der Waals surface area contributed by atoms with Crippen LogP contribution in [0.25, 0.3) is 0 Å². The normalized spacial score (nSPS) is 11.7. The Bertz CT molecular complexity index is 826. The van der Waals surface area contributed by atoms with Gasteiger partial charge in [-0.05, 0) is 59.1 Å². The van der Waals surface area contributed by atoms with Gasteiger partial charge in [-0.15, -0.1) is 0 Å². The third kappa shape index (κ3) is 5.03. The van der Waals surface area contributed by atoms with Crippen molar-refractivity contribution >= 4 is 33.2 Å². The Morgan fingerprint density at radius 2 is 2.04 bits per heavy atom. The molecule has 2 rings (SSSR count). The first-order valence-corrected chi connectivity index (χ1v) is 8.73. The van der Waals surface area contributed by atoms with Crippen molar-refractivity contribution in [2.75, 3.05) is 19.0 Å². The van der Waals surface area contributed by atoms with E-state index in [0.717, 1.165) is 15.8 Å². The van der Waals surface area contributed by atoms with E-state index in [0.29, 0.717) is 11.3 Å². The predicted octanol–water partition coefficient (Wildman–Crippen LogP) is 3.96. The van der Waals surface area contributed by atoms with Crippen LogP contribution in [0.5, 0.6) is 5.75 Å². The van der Waals surface area contributed by atoms with E-state index in [1.54, 1.807) is 14.0 Å². The summed E-state index contributed by atoms with van der Waals surface area (Å²) < 4.78 is 6.05. The zero-order valence-corrected chi connectivity index (χ0v) is 16.3. The van der Waals surface area contributed by atoms with E-state index in [2.05, 4.69) is 26.6 Å². The number of rotatable bonds is 7. The minimum Gasteiger partial charge on any atom is -0.496 e. The summed E-state index contributed by atoms with van der Waals surface area (Å²) in [5.74, 6) is 0.522. The maximum atomic E-state index is 12.1. The van der Waals surface area contributed by atoms with E-state index in [-0.39, 0.29) is 24.2 Å². The van der Waals surface area contributed by atoms with E-state index in [4.69, 9.17) is 4.74 Å². The van der Waals surface area contributed by atoms with Crippen molar-refractivity contribution in [2.45, 2.75) is 19.9 Å². The number of nitro benzene ring substituents is 1. The molecular weight excluding hydrogens is 402 g/mol. The highest BCUT2D eigenvalue weighted by atomic mass is 79.9. The second-order valence-corrected chi connectivity index (χ2v) is 6.66. The molecule has 1 atom stereocenters. The lowest BCUT2D eigenvalue weighted by Crippen LogP contribution is -2.30. The van der Waals surface area contributed by atoms with Crippen LogP contribution in [-0.4, -0.2) is 24.5 Å². The number of carbonyl (C=O) groups excluding carboxylic acids is 1. The average molecular weight is 422 g/mol. The summed E-state index contributed by atoms with van der Waals surface area (Å²) in [5.41, 5.74) is 2.20. The van der Waals surface area contributed by atoms with Crippen molar-refractivity contribution in [1.29, 1.82) is 0 Å². The van der Waals surface area contributed by atoms with Crippen LogP contribution < -0.4 is 15.4 Å². The Labute approximate surface area is 160 Å². The molecule has 2 N–H and O–H groups in total. The van der Waals surface area contributed by atoms with Crippen LogP contribution in [0.3, 0.4) is 0 Å². The smallest absolute Gasteiger partial charge is 0.269 e. The van der Waals surface area contributed by atoms with Gasteiger partial charge in [0.05, 0.1) is 23.1 Å². The number of nitrogens with zero attached hydrogens (tertiary/aromatic N) is 1. The van der Waals surface area contributed by atoms with Gasteiger partial charge in [-0.25, -0.2) is 0 Å². The highest BCUT2D eigenvalue weighted by Gasteiger charge is 2.12. The summed E-state index contributed by atoms with van der Waals surface area (Å²) in [4.78, 5) is 22.4. The van der Waals surface area contributed by atoms with Crippen molar-refractivity contribution in [3.8, 4) is 5.75 Å². The molecule has 2 aromatic carbocycles. The average Bonchev–Trinajstić information content (AvgIpc) is 2.61. The number of non-ortho nitro benzene ring substituents is 1. The molecule has 8 heteroatoms. The Morgan fingerprint density at radius 3 is 2.62 bits per heavy atom. The van der Waals surface area contributed by atoms with E-state index in [1.807, 2.05) is 25.1 Å². The molecule has 0 bridgehead atoms. The monoisotopic (exact) mass is 421 g/mol. The number of aryl methyl sites for hydroxylation is 1. The first-order valence-electron chi connectivity index (χ1n) is 7.93. The van der Waals surface area contributed by atoms with Crippen LogP contribution in [0.4, 0.5) is 11.4 Å². The van der Waals surface area contributed by atoms with Crippen LogP contribution >= 0.6 is 15.9 Å². The van der Waals surface area contributed by atoms with Crippen molar-refractivity contribution < 1.29 is 14.5 Å². The predicted molar refractivity (Wildman–Crippen MR) is 104 cm³/mol. The summed E-state index contributed by atoms with van der Waals surface area (Å²) in [5, 5.41) is 16.7. The lowest BCUT2D eigenvalue weighted by atomic mass is 10.1. The molecule has 0 saturated heterocycles. The number of methoxy groups -OCH3 is 1. The molecule has 0 aliphatic carbocycles. The molecule has 138 valence electrons. The molecule has 0 aliphatic heterocycles. The highest BCUT2D eigenvalue weighted by Crippen LogP contribution is 2.28. The number of ether oxygens (including phenoxy) is 1. The third-order valence-electron chi connectivity index (χ3n) is 3.94. The molecule has 0 spiro atoms. The van der Waals surface area contributed by atoms with Gasteiger partial charge in [-0.3, -0.25) is 14.9 Å². The molecule has 0 fully saturated rings. The SMILES string of the molecule is COc1ccc(C(C)NCC(=O)Nc2ccc([N+](=O)[O-])cc2C)cc1Br. The molecule has 0 saturated carbocycles. The molecule has 2 aromatic rings. The van der Waals surface area contributed by atoms with Crippen molar-refractivity contribution in [3.63, 3.8) is 0 Å². The Kier molecular flexibility index (Phi) is 6.70. The van der Waals surface area contributed by atoms with Gasteiger partial charge in [0.1, 0.15) is 5.75 Å². The lowest BCUT2D eigenvalue weighted by molar-refractivity contribution is -0.384. The fraction of sp³-hybridized carbons (Fsp3) is 0.278. The van der Waals surface area contributed by atoms with Gasteiger partial charge in [0.2, 0.25) is 5.91 Å². The van der Waals surface area contributed by atoms with Crippen LogP contribution in [0, 0.1) is 17.0 Å². The Morgan fingerprint density at radius 1 is 1.31 bits per heavy atom. The van der Waals surface area contributed by atoms with Crippen LogP contribution in [0.1, 0.15) is 24.1 Å². The molecule has 7 nitrogen and oxygen atoms in total. The summed E-state index contributed by atoms with van der Waals surface area (Å²) in [6.45, 7) is 3.79. The number of nitro groups is 1. The van der Waals surface area contributed by atoms with Gasteiger partial charge in [0.25, 0.3) is 5.69 Å². The Hall–Kier alpha value is -2.45. The number of hydrogen-bond donors (Lipinski definition) is 2. The van der Waals surface area contributed by atoms with Gasteiger partial charge in [-0.2, -0.15) is 0 Å². The van der Waals surface area contributed by atoms with Crippen molar-refractivity contribution in [3.05, 3.63) is 62.1 Å². The Balaban J connectivity index is 1.94. The molecular formula is C18H20BrN3O4. The highest BCUT2D eigenvalue weighted by molar-refractivity contribution is 9.10. The topological polar surface area (TPSA) is 93.5 Å². The number of benzene rings is 2. The first kappa shape index (κ1) is 19.9. The van der Waals surface area contributed by atoms with Gasteiger partial charge in [0.15, 0.2) is 0 Å². The number of carbonyl (C=O) groups is 1.